The second-order valence-corrected chi connectivity index (χ2v) is 1.10. The fourth-order valence-corrected chi connectivity index (χ4v) is 0.146. The minimum absolute atomic E-state index is 0.338. The molecule has 28 valence electrons. The van der Waals surface area contributed by atoms with E-state index in [0.717, 1.165) is 5.70 Å². The second kappa shape index (κ2) is 0.455. The Morgan fingerprint density at radius 2 is 2.00 bits per heavy atom. The van der Waals surface area contributed by atoms with Crippen molar-refractivity contribution in [1.82, 2.24) is 5.32 Å². The van der Waals surface area contributed by atoms with Gasteiger partial charge in [-0.1, -0.05) is 0 Å². The van der Waals surface area contributed by atoms with Gasteiger partial charge in [-0.05, 0) is 6.92 Å². The molecule has 0 fully saturated rings. The van der Waals surface area contributed by atoms with Crippen LogP contribution in [-0.2, 0) is 0 Å². The largest absolute Gasteiger partial charge is 0.493 e. The van der Waals surface area contributed by atoms with E-state index in [-0.39, 0.29) is 0 Å². The highest BCUT2D eigenvalue weighted by molar-refractivity contribution is 5.19. The molecule has 0 amide bonds. The second-order valence-electron chi connectivity index (χ2n) is 1.10. The molecule has 0 spiro atoms. The SMILES string of the molecule is CC1=C(O)N1. The molecule has 0 unspecified atom stereocenters. The molecule has 1 aliphatic rings. The van der Waals surface area contributed by atoms with Crippen molar-refractivity contribution in [3.63, 3.8) is 0 Å². The van der Waals surface area contributed by atoms with Crippen molar-refractivity contribution in [3.05, 3.63) is 11.6 Å². The van der Waals surface area contributed by atoms with E-state index in [4.69, 9.17) is 5.11 Å². The molecule has 0 atom stereocenters. The molecular weight excluding hydrogens is 66.0 g/mol. The van der Waals surface area contributed by atoms with Gasteiger partial charge in [0, 0.05) is 0 Å². The zero-order valence-corrected chi connectivity index (χ0v) is 2.95. The van der Waals surface area contributed by atoms with Gasteiger partial charge < -0.3 is 10.4 Å². The third-order valence-electron chi connectivity index (χ3n) is 0.599. The van der Waals surface area contributed by atoms with Crippen LogP contribution in [0.5, 0.6) is 0 Å². The Kier molecular flexibility index (Phi) is 0.234. The first-order valence-electron chi connectivity index (χ1n) is 1.47. The van der Waals surface area contributed by atoms with Gasteiger partial charge in [-0.3, -0.25) is 0 Å². The van der Waals surface area contributed by atoms with E-state index in [0.29, 0.717) is 5.88 Å². The molecule has 1 heterocycles. The fourth-order valence-electron chi connectivity index (χ4n) is 0.146. The van der Waals surface area contributed by atoms with Crippen LogP contribution < -0.4 is 5.32 Å². The number of nitrogens with one attached hydrogen (secondary N) is 1. The molecule has 2 heteroatoms. The summed E-state index contributed by atoms with van der Waals surface area (Å²) in [7, 11) is 0. The Morgan fingerprint density at radius 3 is 2.00 bits per heavy atom. The topological polar surface area (TPSA) is 42.2 Å². The maximum atomic E-state index is 8.20. The highest BCUT2D eigenvalue weighted by Gasteiger charge is 2.10. The van der Waals surface area contributed by atoms with Gasteiger partial charge in [-0.25, -0.2) is 0 Å². The molecule has 5 heavy (non-hydrogen) atoms. The summed E-state index contributed by atoms with van der Waals surface area (Å²) in [5.74, 6) is 0.338. The maximum Gasteiger partial charge on any atom is 0.208 e. The summed E-state index contributed by atoms with van der Waals surface area (Å²) in [4.78, 5) is 0. The van der Waals surface area contributed by atoms with E-state index in [9.17, 15) is 0 Å². The number of aliphatic hydroxyl groups is 1. The minimum atomic E-state index is 0.338. The molecule has 2 N–H and O–H groups in total. The zero-order chi connectivity index (χ0) is 3.86. The van der Waals surface area contributed by atoms with Crippen molar-refractivity contribution < 1.29 is 5.11 Å². The van der Waals surface area contributed by atoms with Gasteiger partial charge in [0.2, 0.25) is 5.88 Å². The van der Waals surface area contributed by atoms with Crippen LogP contribution in [0.15, 0.2) is 11.6 Å². The summed E-state index contributed by atoms with van der Waals surface area (Å²) in [5.41, 5.74) is 0.894. The van der Waals surface area contributed by atoms with Crippen LogP contribution in [0.25, 0.3) is 0 Å². The quantitative estimate of drug-likeness (QED) is 0.432. The third kappa shape index (κ3) is 0.210. The number of rotatable bonds is 0. The van der Waals surface area contributed by atoms with E-state index in [1.54, 1.807) is 0 Å². The summed E-state index contributed by atoms with van der Waals surface area (Å²) < 4.78 is 0. The van der Waals surface area contributed by atoms with Crippen molar-refractivity contribution in [2.75, 3.05) is 0 Å². The van der Waals surface area contributed by atoms with Crippen LogP contribution in [-0.4, -0.2) is 5.11 Å². The molecule has 0 bridgehead atoms. The molecule has 0 radical (unpaired) electrons. The lowest BCUT2D eigenvalue weighted by Gasteiger charge is -1.57. The van der Waals surface area contributed by atoms with Crippen molar-refractivity contribution >= 4 is 0 Å². The van der Waals surface area contributed by atoms with Gasteiger partial charge in [-0.15, -0.1) is 0 Å². The normalized spacial score (nSPS) is 18.6. The first kappa shape index (κ1) is 2.57. The zero-order valence-electron chi connectivity index (χ0n) is 2.95. The molecule has 0 saturated heterocycles. The molecule has 0 aromatic carbocycles. The molecule has 0 saturated carbocycles. The van der Waals surface area contributed by atoms with E-state index in [1.807, 2.05) is 6.92 Å². The Morgan fingerprint density at radius 1 is 1.80 bits per heavy atom. The average Bonchev–Trinajstić information content (AvgIpc) is 1.79. The summed E-state index contributed by atoms with van der Waals surface area (Å²) in [6, 6.07) is 0. The Balaban J connectivity index is 2.59. The summed E-state index contributed by atoms with van der Waals surface area (Å²) in [5, 5.41) is 10.8. The lowest BCUT2D eigenvalue weighted by Crippen LogP contribution is -1.73. The van der Waals surface area contributed by atoms with Crippen LogP contribution in [0.1, 0.15) is 6.92 Å². The van der Waals surface area contributed by atoms with Gasteiger partial charge in [0.25, 0.3) is 0 Å². The Bertz CT molecular complexity index is 74.9. The first-order valence-corrected chi connectivity index (χ1v) is 1.47. The summed E-state index contributed by atoms with van der Waals surface area (Å²) in [6.45, 7) is 1.81. The van der Waals surface area contributed by atoms with Crippen molar-refractivity contribution in [1.29, 1.82) is 0 Å². The van der Waals surface area contributed by atoms with Crippen LogP contribution in [0.3, 0.4) is 0 Å². The molecular formula is C3H5NO. The lowest BCUT2D eigenvalue weighted by atomic mass is 10.7. The molecule has 0 aliphatic carbocycles. The third-order valence-corrected chi connectivity index (χ3v) is 0.599. The van der Waals surface area contributed by atoms with Crippen LogP contribution in [0, 0.1) is 0 Å². The number of hydrogen-bond acceptors (Lipinski definition) is 2. The molecule has 1 rings (SSSR count). The van der Waals surface area contributed by atoms with Gasteiger partial charge in [-0.2, -0.15) is 0 Å². The van der Waals surface area contributed by atoms with Gasteiger partial charge in [0.15, 0.2) is 0 Å². The summed E-state index contributed by atoms with van der Waals surface area (Å²) >= 11 is 0. The van der Waals surface area contributed by atoms with E-state index >= 15 is 0 Å². The van der Waals surface area contributed by atoms with Gasteiger partial charge >= 0.3 is 0 Å². The Hall–Kier alpha value is -0.660. The van der Waals surface area contributed by atoms with Crippen molar-refractivity contribution in [2.24, 2.45) is 0 Å². The van der Waals surface area contributed by atoms with Crippen LogP contribution >= 0.6 is 0 Å². The van der Waals surface area contributed by atoms with E-state index < -0.39 is 0 Å². The Labute approximate surface area is 30.1 Å². The molecule has 0 aromatic rings. The highest BCUT2D eigenvalue weighted by atomic mass is 16.3. The van der Waals surface area contributed by atoms with Crippen LogP contribution in [0.2, 0.25) is 0 Å². The molecule has 0 aromatic heterocycles. The number of hydrogen-bond donors (Lipinski definition) is 2. The van der Waals surface area contributed by atoms with Crippen molar-refractivity contribution in [3.8, 4) is 0 Å². The number of allylic oxidation sites excluding steroid dienone is 1. The van der Waals surface area contributed by atoms with Crippen LogP contribution in [0.4, 0.5) is 0 Å². The lowest BCUT2D eigenvalue weighted by molar-refractivity contribution is 0.425. The predicted octanol–water partition coefficient (Wildman–Crippen LogP) is 0.337. The maximum absolute atomic E-state index is 8.20. The number of aliphatic hydroxyl groups excluding tert-OH is 1. The van der Waals surface area contributed by atoms with Crippen molar-refractivity contribution in [2.45, 2.75) is 6.92 Å². The van der Waals surface area contributed by atoms with Gasteiger partial charge in [0.1, 0.15) is 0 Å². The average molecular weight is 71.1 g/mol. The minimum Gasteiger partial charge on any atom is -0.493 e. The standard InChI is InChI=1S/C3H5NO/c1-2-3(5)4-2/h4-5H,1H3. The first-order chi connectivity index (χ1) is 2.30. The predicted molar refractivity (Wildman–Crippen MR) is 18.5 cm³/mol. The monoisotopic (exact) mass is 71.0 g/mol. The highest BCUT2D eigenvalue weighted by Crippen LogP contribution is 2.06. The fraction of sp³-hybridized carbons (Fsp3) is 0.333. The van der Waals surface area contributed by atoms with E-state index in [1.165, 1.54) is 0 Å². The molecule has 2 nitrogen and oxygen atoms in total. The van der Waals surface area contributed by atoms with E-state index in [2.05, 4.69) is 5.32 Å². The summed E-state index contributed by atoms with van der Waals surface area (Å²) in [6.07, 6.45) is 0. The smallest absolute Gasteiger partial charge is 0.208 e. The van der Waals surface area contributed by atoms with Gasteiger partial charge in [0.05, 0.1) is 5.70 Å². The molecule has 1 aliphatic heterocycles.